The van der Waals surface area contributed by atoms with Gasteiger partial charge in [0.15, 0.2) is 0 Å². The van der Waals surface area contributed by atoms with E-state index in [1.165, 1.54) is 53.3 Å². The lowest BCUT2D eigenvalue weighted by molar-refractivity contribution is -0.274. The summed E-state index contributed by atoms with van der Waals surface area (Å²) in [6, 6.07) is 45.2. The Morgan fingerprint density at radius 3 is 1.49 bits per heavy atom. The molecule has 10 aromatic rings. The molecule has 0 atom stereocenters. The summed E-state index contributed by atoms with van der Waals surface area (Å²) in [4.78, 5) is 9.63. The molecule has 0 fully saturated rings. The van der Waals surface area contributed by atoms with Gasteiger partial charge in [0, 0.05) is 53.1 Å². The molecule has 7 N–H and O–H groups in total. The van der Waals surface area contributed by atoms with Crippen LogP contribution in [0.5, 0.6) is 5.75 Å². The van der Waals surface area contributed by atoms with Crippen molar-refractivity contribution in [2.75, 3.05) is 30.0 Å². The van der Waals surface area contributed by atoms with Crippen molar-refractivity contribution in [3.63, 3.8) is 0 Å². The molecule has 17 nitrogen and oxygen atoms in total. The lowest BCUT2D eigenvalue weighted by Crippen LogP contribution is -2.17. The highest BCUT2D eigenvalue weighted by Gasteiger charge is 2.33. The molecule has 0 radical (unpaired) electrons. The van der Waals surface area contributed by atoms with Gasteiger partial charge in [-0.05, 0) is 136 Å². The minimum Gasteiger partial charge on any atom is -0.406 e. The zero-order chi connectivity index (χ0) is 66.6. The number of hydrogen-bond acceptors (Lipinski definition) is 15. The van der Waals surface area contributed by atoms with Crippen LogP contribution < -0.4 is 16.2 Å². The highest BCUT2D eigenvalue weighted by atomic mass is 79.9. The van der Waals surface area contributed by atoms with Crippen LogP contribution in [-0.2, 0) is 44.3 Å². The van der Waals surface area contributed by atoms with E-state index in [2.05, 4.69) is 66.7 Å². The molecule has 30 heteroatoms. The van der Waals surface area contributed by atoms with Gasteiger partial charge in [-0.25, -0.2) is 0 Å². The molecule has 91 heavy (non-hydrogen) atoms. The number of aliphatic hydroxyl groups is 2. The smallest absolute Gasteiger partial charge is 0.406 e. The second kappa shape index (κ2) is 34.5. The minimum atomic E-state index is -4.69. The number of rotatable bonds is 12. The van der Waals surface area contributed by atoms with Gasteiger partial charge in [-0.1, -0.05) is 88.7 Å². The van der Waals surface area contributed by atoms with Gasteiger partial charge in [-0.15, -0.1) is 33.6 Å². The largest absolute Gasteiger partial charge is 0.573 e. The number of nitrogen functional groups attached to an aromatic ring is 2. The molecular weight excluding hydrogens is 1280 g/mol. The highest BCUT2D eigenvalue weighted by Crippen LogP contribution is 2.32. The molecule has 0 saturated carbocycles. The number of aromatic nitrogens is 10. The summed E-state index contributed by atoms with van der Waals surface area (Å²) in [7, 11) is 0. The average Bonchev–Trinajstić information content (AvgIpc) is 3.81. The van der Waals surface area contributed by atoms with Gasteiger partial charge in [-0.3, -0.25) is 9.97 Å². The van der Waals surface area contributed by atoms with Crippen LogP contribution >= 0.6 is 15.9 Å². The summed E-state index contributed by atoms with van der Waals surface area (Å²) in [5.74, 6) is 0.578. The SMILES string of the molecule is FC(F)(F)Oc1ccc(Cc2ccccc2-c2nn[nH]n2)cc1.N#Cc1ccccc1N.N#Cc1cccnc1Cc1ccc(C(F)(F)F)cc1.Nc1ccc(C(F)(F)F)cc1.OCCBr.OCCn1nnc(-c2cccnc2Cc2ccc(C(F)(F)F)cc2)n1. The standard InChI is InChI=1S/C16H14F3N5O.C15H11F3N4O.C14H9F3N2.C7H6F3N.C7H6N2.C2H5BrO/c17-16(18,19)12-5-3-11(4-6-12)10-14-13(2-1-7-20-14)15-21-23-24(22-15)8-9-25;16-15(17,18)23-12-7-5-10(6-8-12)9-11-3-1-2-4-13(11)14-19-21-22-20-14;15-14(16,17)12-5-3-10(4-6-12)8-13-11(9-18)2-1-7-19-13;8-7(9,10)5-1-3-6(11)4-2-5;8-5-6-3-1-2-4-7(6)9;3-1-2-4/h1-7,25H,8-10H2;1-8H,9H2,(H,19,20,21,22);1-7H,8H2;1-4H,11H2;1-4H,9H2;4H,1-2H2. The van der Waals surface area contributed by atoms with E-state index in [1.807, 2.05) is 36.4 Å². The maximum Gasteiger partial charge on any atom is 0.573 e. The van der Waals surface area contributed by atoms with Gasteiger partial charge in [0.05, 0.1) is 59.0 Å². The highest BCUT2D eigenvalue weighted by molar-refractivity contribution is 9.09. The third kappa shape index (κ3) is 24.3. The molecule has 0 aliphatic carbocycles. The number of ether oxygens (including phenoxy) is 1. The summed E-state index contributed by atoms with van der Waals surface area (Å²) in [6.45, 7) is 0.350. The van der Waals surface area contributed by atoms with Crippen LogP contribution in [0.4, 0.5) is 64.1 Å². The van der Waals surface area contributed by atoms with Crippen molar-refractivity contribution in [1.29, 1.82) is 10.5 Å². The topological polar surface area (TPSA) is 273 Å². The normalized spacial score (nSPS) is 11.0. The fourth-order valence-electron chi connectivity index (χ4n) is 7.48. The number of halogens is 13. The first-order valence-electron chi connectivity index (χ1n) is 26.2. The average molecular weight is 1340 g/mol. The predicted octanol–water partition coefficient (Wildman–Crippen LogP) is 13.1. The lowest BCUT2D eigenvalue weighted by atomic mass is 9.99. The maximum absolute atomic E-state index is 12.6. The zero-order valence-corrected chi connectivity index (χ0v) is 48.6. The maximum atomic E-state index is 12.6. The van der Waals surface area contributed by atoms with Crippen LogP contribution in [0.25, 0.3) is 22.8 Å². The first kappa shape index (κ1) is 71.5. The molecule has 474 valence electrons. The Morgan fingerprint density at radius 1 is 0.527 bits per heavy atom. The van der Waals surface area contributed by atoms with Crippen molar-refractivity contribution < 1.29 is 67.6 Å². The molecular formula is C61H51BrF12N14O3. The molecule has 4 aromatic heterocycles. The number of H-pyrrole nitrogens is 1. The van der Waals surface area contributed by atoms with Gasteiger partial charge >= 0.3 is 24.9 Å². The van der Waals surface area contributed by atoms with Gasteiger partial charge in [-0.2, -0.15) is 60.0 Å². The number of anilines is 2. The van der Waals surface area contributed by atoms with E-state index >= 15 is 0 Å². The molecule has 0 aliphatic rings. The number of nitrogens with zero attached hydrogens (tertiary/aromatic N) is 11. The number of alkyl halides is 13. The Labute approximate surface area is 519 Å². The number of benzene rings is 6. The molecule has 0 bridgehead atoms. The van der Waals surface area contributed by atoms with Crippen LogP contribution in [0, 0.1) is 22.7 Å². The lowest BCUT2D eigenvalue weighted by Gasteiger charge is -2.10. The summed E-state index contributed by atoms with van der Waals surface area (Å²) in [5, 5.41) is 60.5. The predicted molar refractivity (Wildman–Crippen MR) is 313 cm³/mol. The van der Waals surface area contributed by atoms with Crippen LogP contribution in [0.15, 0.2) is 182 Å². The van der Waals surface area contributed by atoms with E-state index in [9.17, 15) is 52.7 Å². The Morgan fingerprint density at radius 2 is 1.00 bits per heavy atom. The Balaban J connectivity index is 0.000000212. The number of nitriles is 2. The summed E-state index contributed by atoms with van der Waals surface area (Å²) in [6.07, 6.45) is -13.3. The third-order valence-corrected chi connectivity index (χ3v) is 12.1. The molecule has 0 unspecified atom stereocenters. The molecule has 0 spiro atoms. The number of hydrogen-bond donors (Lipinski definition) is 5. The van der Waals surface area contributed by atoms with Crippen molar-refractivity contribution >= 4 is 27.3 Å². The molecule has 0 amide bonds. The summed E-state index contributed by atoms with van der Waals surface area (Å²) < 4.78 is 151. The molecule has 4 heterocycles. The fraction of sp³-hybridized carbons (Fsp3) is 0.180. The Bertz CT molecular complexity index is 3880. The fourth-order valence-corrected chi connectivity index (χ4v) is 7.48. The minimum absolute atomic E-state index is 0.110. The molecule has 6 aromatic carbocycles. The van der Waals surface area contributed by atoms with E-state index in [0.29, 0.717) is 86.8 Å². The van der Waals surface area contributed by atoms with Crippen molar-refractivity contribution in [2.24, 2.45) is 0 Å². The first-order chi connectivity index (χ1) is 43.2. The van der Waals surface area contributed by atoms with E-state index in [0.717, 1.165) is 53.1 Å². The zero-order valence-electron chi connectivity index (χ0n) is 47.1. The van der Waals surface area contributed by atoms with Crippen molar-refractivity contribution in [1.82, 2.24) is 50.8 Å². The van der Waals surface area contributed by atoms with Crippen LogP contribution in [0.3, 0.4) is 0 Å². The number of pyridine rings is 2. The van der Waals surface area contributed by atoms with Gasteiger partial charge < -0.3 is 26.4 Å². The van der Waals surface area contributed by atoms with Crippen molar-refractivity contribution in [3.05, 3.63) is 244 Å². The number of tetrazole rings is 2. The number of nitrogens with one attached hydrogen (secondary N) is 1. The number of aliphatic hydroxyl groups excluding tert-OH is 2. The summed E-state index contributed by atoms with van der Waals surface area (Å²) in [5.41, 5.74) is 16.2. The van der Waals surface area contributed by atoms with E-state index in [-0.39, 0.29) is 25.5 Å². The van der Waals surface area contributed by atoms with Gasteiger partial charge in [0.2, 0.25) is 11.6 Å². The quantitative estimate of drug-likeness (QED) is 0.0432. The molecule has 10 rings (SSSR count). The first-order valence-corrected chi connectivity index (χ1v) is 27.4. The van der Waals surface area contributed by atoms with Crippen LogP contribution in [0.2, 0.25) is 0 Å². The Hall–Kier alpha value is -10.3. The second-order valence-corrected chi connectivity index (χ2v) is 19.1. The number of aromatic amines is 1. The van der Waals surface area contributed by atoms with E-state index in [1.54, 1.807) is 73.1 Å². The summed E-state index contributed by atoms with van der Waals surface area (Å²) >= 11 is 3.00. The second-order valence-electron chi connectivity index (χ2n) is 18.3. The van der Waals surface area contributed by atoms with Crippen LogP contribution in [0.1, 0.15) is 61.5 Å². The molecule has 0 saturated heterocycles. The van der Waals surface area contributed by atoms with Gasteiger partial charge in [0.1, 0.15) is 17.9 Å². The third-order valence-electron chi connectivity index (χ3n) is 11.8. The number of nitrogens with two attached hydrogens (primary N) is 2. The van der Waals surface area contributed by atoms with E-state index < -0.39 is 41.6 Å². The van der Waals surface area contributed by atoms with Gasteiger partial charge in [0.25, 0.3) is 0 Å². The van der Waals surface area contributed by atoms with Crippen LogP contribution in [-0.4, -0.2) is 85.9 Å². The Kier molecular flexibility index (Phi) is 27.1. The van der Waals surface area contributed by atoms with E-state index in [4.69, 9.17) is 32.2 Å². The van der Waals surface area contributed by atoms with Crippen molar-refractivity contribution in [2.45, 2.75) is 50.7 Å². The van der Waals surface area contributed by atoms with Crippen molar-refractivity contribution in [3.8, 4) is 40.7 Å². The number of para-hydroxylation sites is 1. The molecule has 0 aliphatic heterocycles. The monoisotopic (exact) mass is 1330 g/mol.